The summed E-state index contributed by atoms with van der Waals surface area (Å²) in [6.45, 7) is 0.938. The Morgan fingerprint density at radius 2 is 1.33 bits per heavy atom. The van der Waals surface area contributed by atoms with Gasteiger partial charge in [0.05, 0.1) is 0 Å². The van der Waals surface area contributed by atoms with E-state index in [1.807, 2.05) is 0 Å². The first-order valence-electron chi connectivity index (χ1n) is 17.6. The molecule has 0 aromatic carbocycles. The molecule has 5 heterocycles. The Morgan fingerprint density at radius 1 is 0.667 bits per heavy atom. The predicted molar refractivity (Wildman–Crippen MR) is 150 cm³/mol. The summed E-state index contributed by atoms with van der Waals surface area (Å²) in [6, 6.07) is 0. The number of ketones is 2. The molecule has 0 amide bonds. The van der Waals surface area contributed by atoms with Crippen molar-refractivity contribution in [2.45, 2.75) is 105 Å². The minimum atomic E-state index is -0.757. The molecule has 248 valence electrons. The van der Waals surface area contributed by atoms with Crippen LogP contribution in [0.5, 0.6) is 0 Å². The number of carbonyl (C=O) groups excluding carboxylic acids is 4. The fourth-order valence-electron chi connectivity index (χ4n) is 12.2. The number of Topliss-reactive ketones (excluding diaryl/α,β-unsaturated/α-hetero) is 2. The van der Waals surface area contributed by atoms with Gasteiger partial charge in [-0.25, -0.2) is 0 Å². The normalized spacial score (nSPS) is 55.0. The van der Waals surface area contributed by atoms with Gasteiger partial charge in [-0.05, 0) is 0 Å². The molecule has 5 aliphatic heterocycles. The Kier molecular flexibility index (Phi) is 6.64. The first kappa shape index (κ1) is 29.6. The van der Waals surface area contributed by atoms with Gasteiger partial charge in [-0.2, -0.15) is 0 Å². The van der Waals surface area contributed by atoms with E-state index in [0.29, 0.717) is 70.1 Å². The van der Waals surface area contributed by atoms with Gasteiger partial charge in [0.25, 0.3) is 0 Å². The van der Waals surface area contributed by atoms with Crippen LogP contribution in [0.2, 0.25) is 0 Å². The van der Waals surface area contributed by atoms with E-state index in [-0.39, 0.29) is 89.2 Å². The number of esters is 2. The van der Waals surface area contributed by atoms with E-state index in [0.717, 1.165) is 41.9 Å². The van der Waals surface area contributed by atoms with Gasteiger partial charge in [-0.1, -0.05) is 0 Å². The molecule has 45 heavy (non-hydrogen) atoms. The third kappa shape index (κ3) is 4.37. The van der Waals surface area contributed by atoms with E-state index in [9.17, 15) is 19.2 Å². The van der Waals surface area contributed by atoms with Crippen LogP contribution in [-0.2, 0) is 38.1 Å². The van der Waals surface area contributed by atoms with Crippen LogP contribution in [0.15, 0.2) is 0 Å². The second-order valence-corrected chi connectivity index (χ2v) is 25.1. The summed E-state index contributed by atoms with van der Waals surface area (Å²) < 4.78 is 28.4. The number of halogens is 2. The second-order valence-electron chi connectivity index (χ2n) is 17.1. The molecule has 10 unspecified atom stereocenters. The molecule has 13 rings (SSSR count). The summed E-state index contributed by atoms with van der Waals surface area (Å²) in [4.78, 5) is 53.5. The number of carbonyl (C=O) groups is 4. The average Bonchev–Trinajstić information content (AvgIpc) is 3.02. The fraction of sp³-hybridized carbons (Fsp3) is 0.886. The van der Waals surface area contributed by atoms with Gasteiger partial charge in [0.1, 0.15) is 0 Å². The van der Waals surface area contributed by atoms with Crippen LogP contribution in [0.3, 0.4) is 0 Å². The van der Waals surface area contributed by atoms with Crippen molar-refractivity contribution in [2.75, 3.05) is 26.4 Å². The van der Waals surface area contributed by atoms with E-state index in [2.05, 4.69) is 0 Å². The van der Waals surface area contributed by atoms with Crippen LogP contribution < -0.4 is 42.4 Å². The molecule has 8 aliphatic carbocycles. The second kappa shape index (κ2) is 10.1. The average molecular weight is 847 g/mol. The summed E-state index contributed by atoms with van der Waals surface area (Å²) in [5, 5.41) is 0. The number of alkyl halides is 4. The van der Waals surface area contributed by atoms with Gasteiger partial charge < -0.3 is 0 Å². The van der Waals surface area contributed by atoms with Crippen LogP contribution >= 0.6 is 0 Å². The van der Waals surface area contributed by atoms with Crippen molar-refractivity contribution in [3.8, 4) is 0 Å². The van der Waals surface area contributed by atoms with Gasteiger partial charge in [0, 0.05) is 0 Å². The zero-order valence-electron chi connectivity index (χ0n) is 25.8. The molecule has 0 radical (unpaired) electrons. The third-order valence-electron chi connectivity index (χ3n) is 14.1. The van der Waals surface area contributed by atoms with Crippen molar-refractivity contribution in [1.29, 1.82) is 0 Å². The van der Waals surface area contributed by atoms with Gasteiger partial charge in [-0.15, -0.1) is 0 Å². The summed E-state index contributed by atoms with van der Waals surface area (Å²) in [5.74, 6) is 1.68. The molecule has 1 spiro atoms. The summed E-state index contributed by atoms with van der Waals surface area (Å²) in [6.07, 6.45) is 12.1. The Morgan fingerprint density at radius 3 is 1.98 bits per heavy atom. The van der Waals surface area contributed by atoms with E-state index in [1.54, 1.807) is 0 Å². The zero-order chi connectivity index (χ0) is 30.3. The van der Waals surface area contributed by atoms with E-state index >= 15 is 0 Å². The first-order chi connectivity index (χ1) is 21.7. The maximum atomic E-state index is 13.9. The van der Waals surface area contributed by atoms with Crippen LogP contribution in [0.4, 0.5) is 0 Å². The van der Waals surface area contributed by atoms with E-state index in [1.165, 1.54) is 25.7 Å². The van der Waals surface area contributed by atoms with Crippen LogP contribution in [0, 0.1) is 51.8 Å². The molecule has 13 fully saturated rings. The molecule has 10 atom stereocenters. The molecule has 0 aromatic rings. The van der Waals surface area contributed by atoms with Gasteiger partial charge >= 0.3 is 282 Å². The number of rotatable bonds is 6. The van der Waals surface area contributed by atoms with Crippen molar-refractivity contribution in [1.82, 2.24) is 0 Å². The molecule has 5 saturated heterocycles. The van der Waals surface area contributed by atoms with Crippen molar-refractivity contribution < 1.29 is 80.5 Å². The van der Waals surface area contributed by atoms with Crippen molar-refractivity contribution in [2.24, 2.45) is 51.8 Å². The number of ether oxygens (including phenoxy) is 4. The number of hydrogen-bond donors (Lipinski definition) is 0. The molecule has 0 N–H and O–H groups in total. The van der Waals surface area contributed by atoms with Gasteiger partial charge in [-0.3, -0.25) is 4.79 Å². The monoisotopic (exact) mass is 846 g/mol. The summed E-state index contributed by atoms with van der Waals surface area (Å²) in [5.41, 5.74) is -1.84. The molecule has 0 aromatic heterocycles. The molecule has 13 aliphatic rings. The SMILES string of the molecule is O=C1C2CC3CC1CC(C(=O)OCC1(COC(=O)C45CC6CC(C4)C(=O)C(C5)[I-]6)COC4(OC1)C1CC5CC(C1)[I-]C4C5)(C3)C2. The Balaban J connectivity index is 0.878. The van der Waals surface area contributed by atoms with Crippen molar-refractivity contribution in [3.63, 3.8) is 0 Å². The standard InChI is InChI=1S/C35H44I2O8/c38-28-20-1-19-2-21(28)10-33(8-19,9-20)30(40)42-14-32(15-43-31(41)34-11-22-6-25(12-34)36-26(13-34)29(22)39)16-44-35(45-17-32)23-3-18-4-24(7-23)37-27(35)5-18/h18-27H,1-17H2/q-2. The third-order valence-corrected chi connectivity index (χ3v) is 22.3. The van der Waals surface area contributed by atoms with Crippen LogP contribution in [0.25, 0.3) is 0 Å². The summed E-state index contributed by atoms with van der Waals surface area (Å²) >= 11 is -0.157. The first-order valence-corrected chi connectivity index (χ1v) is 22.6. The molecule has 10 heteroatoms. The quantitative estimate of drug-likeness (QED) is 0.164. The Hall–Kier alpha value is -0.340. The molecule has 8 saturated carbocycles. The Labute approximate surface area is 285 Å². The Bertz CT molecular complexity index is 1210. The predicted octanol–water partition coefficient (Wildman–Crippen LogP) is -2.54. The van der Waals surface area contributed by atoms with E-state index < -0.39 is 22.0 Å². The minimum absolute atomic E-state index is 0.00901. The molecular weight excluding hydrogens is 802 g/mol. The van der Waals surface area contributed by atoms with Gasteiger partial charge in [0.15, 0.2) is 0 Å². The topological polar surface area (TPSA) is 105 Å². The molecule has 12 bridgehead atoms. The molecular formula is C35H44I2O8-2. The van der Waals surface area contributed by atoms with Crippen molar-refractivity contribution >= 4 is 23.5 Å². The van der Waals surface area contributed by atoms with Gasteiger partial charge in [0.2, 0.25) is 0 Å². The van der Waals surface area contributed by atoms with Crippen LogP contribution in [0.1, 0.15) is 83.5 Å². The molecule has 8 nitrogen and oxygen atoms in total. The maximum absolute atomic E-state index is 13.9. The van der Waals surface area contributed by atoms with Crippen molar-refractivity contribution in [3.05, 3.63) is 0 Å². The number of hydrogen-bond acceptors (Lipinski definition) is 8. The van der Waals surface area contributed by atoms with Crippen LogP contribution in [-0.4, -0.2) is 71.4 Å². The van der Waals surface area contributed by atoms with E-state index in [4.69, 9.17) is 18.9 Å². The zero-order valence-corrected chi connectivity index (χ0v) is 30.1. The summed E-state index contributed by atoms with van der Waals surface area (Å²) in [7, 11) is 0. The fourth-order valence-corrected chi connectivity index (χ4v) is 23.0.